The Bertz CT molecular complexity index is 1030. The lowest BCUT2D eigenvalue weighted by atomic mass is 10.2. The molecule has 142 valence electrons. The van der Waals surface area contributed by atoms with Gasteiger partial charge in [-0.2, -0.15) is 5.10 Å². The number of carbonyl (C=O) groups is 1. The van der Waals surface area contributed by atoms with Crippen molar-refractivity contribution >= 4 is 33.1 Å². The molecule has 6 nitrogen and oxygen atoms in total. The summed E-state index contributed by atoms with van der Waals surface area (Å²) < 4.78 is 8.71. The molecule has 4 rings (SSSR count). The van der Waals surface area contributed by atoms with E-state index in [0.717, 1.165) is 26.7 Å². The van der Waals surface area contributed by atoms with Crippen molar-refractivity contribution in [1.29, 1.82) is 0 Å². The Hall–Kier alpha value is -3.19. The molecule has 0 bridgehead atoms. The number of amides is 1. The Labute approximate surface area is 166 Å². The summed E-state index contributed by atoms with van der Waals surface area (Å²) in [6.45, 7) is 1.18. The van der Waals surface area contributed by atoms with Gasteiger partial charge in [0.25, 0.3) is 0 Å². The maximum atomic E-state index is 12.3. The number of thiazole rings is 1. The van der Waals surface area contributed by atoms with Crippen LogP contribution in [0.4, 0.5) is 5.69 Å². The molecule has 2 aromatic heterocycles. The van der Waals surface area contributed by atoms with Crippen molar-refractivity contribution in [2.24, 2.45) is 0 Å². The molecule has 0 aliphatic heterocycles. The smallest absolute Gasteiger partial charge is 0.224 e. The molecule has 0 saturated heterocycles. The summed E-state index contributed by atoms with van der Waals surface area (Å²) in [7, 11) is 0. The second-order valence-corrected chi connectivity index (χ2v) is 7.38. The average molecular weight is 392 g/mol. The molecular formula is C21H20N4O2S. The van der Waals surface area contributed by atoms with Gasteiger partial charge in [-0.1, -0.05) is 18.2 Å². The van der Waals surface area contributed by atoms with Crippen molar-refractivity contribution in [2.45, 2.75) is 19.4 Å². The number of fused-ring (bicyclic) bond motifs is 1. The maximum Gasteiger partial charge on any atom is 0.224 e. The van der Waals surface area contributed by atoms with E-state index in [-0.39, 0.29) is 5.91 Å². The molecule has 1 N–H and O–H groups in total. The van der Waals surface area contributed by atoms with Gasteiger partial charge in [-0.25, -0.2) is 4.98 Å². The van der Waals surface area contributed by atoms with Crippen LogP contribution in [0.3, 0.4) is 0 Å². The number of nitrogens with zero attached hydrogens (tertiary/aromatic N) is 3. The first-order valence-electron chi connectivity index (χ1n) is 9.11. The molecule has 28 heavy (non-hydrogen) atoms. The highest BCUT2D eigenvalue weighted by molar-refractivity contribution is 7.18. The molecule has 0 unspecified atom stereocenters. The SMILES string of the molecule is O=C(CCc1nc2ccccc2s1)Nc1cccc(OCCn2cccn2)c1. The molecule has 0 spiro atoms. The first kappa shape index (κ1) is 18.2. The Kier molecular flexibility index (Phi) is 5.63. The number of hydrogen-bond donors (Lipinski definition) is 1. The molecule has 0 aliphatic carbocycles. The highest BCUT2D eigenvalue weighted by Crippen LogP contribution is 2.23. The summed E-state index contributed by atoms with van der Waals surface area (Å²) in [6.07, 6.45) is 4.66. The summed E-state index contributed by atoms with van der Waals surface area (Å²) in [5.74, 6) is 0.684. The number of ether oxygens (including phenoxy) is 1. The molecule has 4 aromatic rings. The molecule has 7 heteroatoms. The normalized spacial score (nSPS) is 10.9. The van der Waals surface area contributed by atoms with E-state index in [1.165, 1.54) is 0 Å². The molecule has 0 saturated carbocycles. The minimum Gasteiger partial charge on any atom is -0.492 e. The lowest BCUT2D eigenvalue weighted by Gasteiger charge is -2.09. The van der Waals surface area contributed by atoms with E-state index < -0.39 is 0 Å². The van der Waals surface area contributed by atoms with Crippen LogP contribution in [-0.2, 0) is 17.8 Å². The Morgan fingerprint density at radius 3 is 2.93 bits per heavy atom. The van der Waals surface area contributed by atoms with Gasteiger partial charge in [-0.05, 0) is 30.3 Å². The number of aromatic nitrogens is 3. The largest absolute Gasteiger partial charge is 0.492 e. The van der Waals surface area contributed by atoms with Crippen LogP contribution in [-0.4, -0.2) is 27.3 Å². The zero-order chi connectivity index (χ0) is 19.2. The van der Waals surface area contributed by atoms with Crippen molar-refractivity contribution < 1.29 is 9.53 Å². The number of hydrogen-bond acceptors (Lipinski definition) is 5. The maximum absolute atomic E-state index is 12.3. The number of nitrogens with one attached hydrogen (secondary N) is 1. The standard InChI is InChI=1S/C21H20N4O2S/c26-20(9-10-21-24-18-7-1-2-8-19(18)28-21)23-16-5-3-6-17(15-16)27-14-13-25-12-4-11-22-25/h1-8,11-12,15H,9-10,13-14H2,(H,23,26). The zero-order valence-electron chi connectivity index (χ0n) is 15.2. The van der Waals surface area contributed by atoms with E-state index in [1.807, 2.05) is 59.4 Å². The van der Waals surface area contributed by atoms with E-state index in [2.05, 4.69) is 21.5 Å². The Morgan fingerprint density at radius 1 is 1.14 bits per heavy atom. The zero-order valence-corrected chi connectivity index (χ0v) is 16.1. The van der Waals surface area contributed by atoms with Gasteiger partial charge < -0.3 is 10.1 Å². The van der Waals surface area contributed by atoms with E-state index in [4.69, 9.17) is 4.74 Å². The van der Waals surface area contributed by atoms with Gasteiger partial charge in [0.1, 0.15) is 12.4 Å². The van der Waals surface area contributed by atoms with E-state index in [9.17, 15) is 4.79 Å². The fourth-order valence-electron chi connectivity index (χ4n) is 2.82. The number of aryl methyl sites for hydroxylation is 1. The van der Waals surface area contributed by atoms with Crippen LogP contribution >= 0.6 is 11.3 Å². The predicted octanol–water partition coefficient (Wildman–Crippen LogP) is 4.14. The molecule has 1 amide bonds. The number of benzene rings is 2. The van der Waals surface area contributed by atoms with Crippen LogP contribution in [0.25, 0.3) is 10.2 Å². The van der Waals surface area contributed by atoms with Gasteiger partial charge >= 0.3 is 0 Å². The van der Waals surface area contributed by atoms with Gasteiger partial charge in [0.15, 0.2) is 0 Å². The molecular weight excluding hydrogens is 372 g/mol. The fraction of sp³-hybridized carbons (Fsp3) is 0.190. The topological polar surface area (TPSA) is 69.0 Å². The monoisotopic (exact) mass is 392 g/mol. The van der Waals surface area contributed by atoms with Crippen LogP contribution in [0.1, 0.15) is 11.4 Å². The first-order valence-corrected chi connectivity index (χ1v) is 9.92. The third-order valence-electron chi connectivity index (χ3n) is 4.17. The number of anilines is 1. The average Bonchev–Trinajstić information content (AvgIpc) is 3.36. The summed E-state index contributed by atoms with van der Waals surface area (Å²) in [5.41, 5.74) is 1.72. The molecule has 0 radical (unpaired) electrons. The van der Waals surface area contributed by atoms with E-state index in [0.29, 0.717) is 26.0 Å². The molecule has 2 aromatic carbocycles. The predicted molar refractivity (Wildman–Crippen MR) is 111 cm³/mol. The van der Waals surface area contributed by atoms with Crippen molar-refractivity contribution in [3.63, 3.8) is 0 Å². The molecule has 0 aliphatic rings. The van der Waals surface area contributed by atoms with Gasteiger partial charge in [0.05, 0.1) is 21.8 Å². The third-order valence-corrected chi connectivity index (χ3v) is 5.27. The van der Waals surface area contributed by atoms with Gasteiger partial charge in [0, 0.05) is 37.0 Å². The number of carbonyl (C=O) groups excluding carboxylic acids is 1. The minimum absolute atomic E-state index is 0.0343. The third kappa shape index (κ3) is 4.75. The van der Waals surface area contributed by atoms with Crippen LogP contribution in [0, 0.1) is 0 Å². The Morgan fingerprint density at radius 2 is 2.07 bits per heavy atom. The molecule has 0 fully saturated rings. The quantitative estimate of drug-likeness (QED) is 0.489. The fourth-order valence-corrected chi connectivity index (χ4v) is 3.79. The lowest BCUT2D eigenvalue weighted by Crippen LogP contribution is -2.12. The van der Waals surface area contributed by atoms with Crippen molar-refractivity contribution in [3.8, 4) is 5.75 Å². The van der Waals surface area contributed by atoms with Crippen molar-refractivity contribution in [2.75, 3.05) is 11.9 Å². The van der Waals surface area contributed by atoms with Crippen LogP contribution in [0.2, 0.25) is 0 Å². The lowest BCUT2D eigenvalue weighted by molar-refractivity contribution is -0.116. The number of para-hydroxylation sites is 1. The van der Waals surface area contributed by atoms with Crippen LogP contribution < -0.4 is 10.1 Å². The van der Waals surface area contributed by atoms with Crippen LogP contribution in [0.15, 0.2) is 67.0 Å². The second-order valence-electron chi connectivity index (χ2n) is 6.27. The molecule has 2 heterocycles. The molecule has 0 atom stereocenters. The van der Waals surface area contributed by atoms with Crippen molar-refractivity contribution in [3.05, 3.63) is 72.0 Å². The highest BCUT2D eigenvalue weighted by Gasteiger charge is 2.08. The van der Waals surface area contributed by atoms with E-state index >= 15 is 0 Å². The summed E-state index contributed by atoms with van der Waals surface area (Å²) in [5, 5.41) is 8.05. The second kappa shape index (κ2) is 8.67. The first-order chi connectivity index (χ1) is 13.8. The van der Waals surface area contributed by atoms with Crippen LogP contribution in [0.5, 0.6) is 5.75 Å². The highest BCUT2D eigenvalue weighted by atomic mass is 32.1. The summed E-state index contributed by atoms with van der Waals surface area (Å²) in [6, 6.07) is 17.3. The van der Waals surface area contributed by atoms with Gasteiger partial charge in [-0.3, -0.25) is 9.48 Å². The summed E-state index contributed by atoms with van der Waals surface area (Å²) in [4.78, 5) is 16.9. The van der Waals surface area contributed by atoms with Crippen molar-refractivity contribution in [1.82, 2.24) is 14.8 Å². The summed E-state index contributed by atoms with van der Waals surface area (Å²) >= 11 is 1.64. The Balaban J connectivity index is 1.27. The number of rotatable bonds is 8. The minimum atomic E-state index is -0.0343. The van der Waals surface area contributed by atoms with E-state index in [1.54, 1.807) is 17.5 Å². The van der Waals surface area contributed by atoms with Gasteiger partial charge in [0.2, 0.25) is 5.91 Å². The van der Waals surface area contributed by atoms with Gasteiger partial charge in [-0.15, -0.1) is 11.3 Å².